The number of hydrogen-bond acceptors (Lipinski definition) is 6. The third-order valence-corrected chi connectivity index (χ3v) is 22.3. The lowest BCUT2D eigenvalue weighted by molar-refractivity contribution is -0.168. The lowest BCUT2D eigenvalue weighted by Gasteiger charge is -2.58. The highest BCUT2D eigenvalue weighted by atomic mass is 28.4. The minimum atomic E-state index is -2.22. The standard InChI is InChI=1S/C35H64O6Si2/c1-23(2)43(24(3)4,25(5)6)41-31-21-35(10)29(16-15-17-32(35)39-22-37-11)28-20-30(40-42(13,14)34(7,8)9)27(33(36)38-12)19-18-26(28)31/h18,23-25,28-29,31-32H,15-17,19-22H2,1-14H3/t28-,29+,31+,32+,35+/m1/s1. The second-order valence-corrected chi connectivity index (χ2v) is 26.3. The van der Waals surface area contributed by atoms with Gasteiger partial charge < -0.3 is 23.1 Å². The molecule has 0 radical (unpaired) electrons. The van der Waals surface area contributed by atoms with Crippen LogP contribution in [0.4, 0.5) is 0 Å². The first kappa shape index (κ1) is 36.5. The first-order chi connectivity index (χ1) is 19.9. The minimum Gasteiger partial charge on any atom is -0.546 e. The largest absolute Gasteiger partial charge is 0.546 e. The molecule has 3 aliphatic carbocycles. The van der Waals surface area contributed by atoms with Crippen LogP contribution in [-0.4, -0.2) is 55.8 Å². The van der Waals surface area contributed by atoms with Gasteiger partial charge in [-0.05, 0) is 76.8 Å². The molecule has 0 N–H and O–H groups in total. The van der Waals surface area contributed by atoms with Crippen molar-refractivity contribution in [2.75, 3.05) is 21.0 Å². The summed E-state index contributed by atoms with van der Waals surface area (Å²) in [5.41, 5.74) is 3.43. The Bertz CT molecular complexity index is 1020. The molecule has 8 heteroatoms. The summed E-state index contributed by atoms with van der Waals surface area (Å²) in [5.74, 6) is 1.19. The monoisotopic (exact) mass is 636 g/mol. The smallest absolute Gasteiger partial charge is 0.337 e. The average molecular weight is 637 g/mol. The Hall–Kier alpha value is -0.936. The van der Waals surface area contributed by atoms with E-state index in [0.717, 1.165) is 31.4 Å². The van der Waals surface area contributed by atoms with Crippen LogP contribution >= 0.6 is 0 Å². The molecule has 3 rings (SSSR count). The van der Waals surface area contributed by atoms with Crippen LogP contribution in [0.5, 0.6) is 0 Å². The van der Waals surface area contributed by atoms with Crippen molar-refractivity contribution in [3.63, 3.8) is 0 Å². The molecule has 0 saturated heterocycles. The molecule has 2 saturated carbocycles. The number of rotatable bonds is 11. The topological polar surface area (TPSA) is 63.2 Å². The number of fused-ring (bicyclic) bond motifs is 3. The van der Waals surface area contributed by atoms with Crippen molar-refractivity contribution in [3.05, 3.63) is 23.0 Å². The number of ether oxygens (including phenoxy) is 3. The normalized spacial score (nSPS) is 28.9. The van der Waals surface area contributed by atoms with Crippen LogP contribution in [0.15, 0.2) is 23.0 Å². The van der Waals surface area contributed by atoms with Gasteiger partial charge in [-0.15, -0.1) is 0 Å². The summed E-state index contributed by atoms with van der Waals surface area (Å²) in [6, 6.07) is 0. The summed E-state index contributed by atoms with van der Waals surface area (Å²) in [6.45, 7) is 28.3. The molecular weight excluding hydrogens is 573 g/mol. The highest BCUT2D eigenvalue weighted by molar-refractivity contribution is 6.77. The van der Waals surface area contributed by atoms with E-state index in [-0.39, 0.29) is 34.5 Å². The fraction of sp³-hybridized carbons (Fsp3) is 0.857. The zero-order valence-electron chi connectivity index (χ0n) is 30.0. The molecule has 0 aromatic heterocycles. The summed E-state index contributed by atoms with van der Waals surface area (Å²) in [4.78, 5) is 13.3. The zero-order valence-corrected chi connectivity index (χ0v) is 32.0. The fourth-order valence-electron chi connectivity index (χ4n) is 8.63. The second-order valence-electron chi connectivity index (χ2n) is 16.2. The second kappa shape index (κ2) is 13.8. The predicted octanol–water partition coefficient (Wildman–Crippen LogP) is 9.53. The third-order valence-electron chi connectivity index (χ3n) is 11.8. The van der Waals surface area contributed by atoms with Crippen LogP contribution in [0.25, 0.3) is 0 Å². The van der Waals surface area contributed by atoms with E-state index in [2.05, 4.69) is 88.4 Å². The number of carbonyl (C=O) groups excluding carboxylic acids is 1. The molecule has 0 amide bonds. The van der Waals surface area contributed by atoms with Gasteiger partial charge in [0.15, 0.2) is 0 Å². The average Bonchev–Trinajstić information content (AvgIpc) is 3.08. The number of carbonyl (C=O) groups is 1. The van der Waals surface area contributed by atoms with E-state index in [4.69, 9.17) is 23.1 Å². The van der Waals surface area contributed by atoms with Crippen molar-refractivity contribution in [3.8, 4) is 0 Å². The summed E-state index contributed by atoms with van der Waals surface area (Å²) in [5, 5.41) is 0.0113. The fourth-order valence-corrected chi connectivity index (χ4v) is 15.3. The van der Waals surface area contributed by atoms with Crippen molar-refractivity contribution in [2.24, 2.45) is 17.3 Å². The van der Waals surface area contributed by atoms with Gasteiger partial charge in [-0.25, -0.2) is 4.79 Å². The predicted molar refractivity (Wildman–Crippen MR) is 181 cm³/mol. The molecule has 0 spiro atoms. The maximum Gasteiger partial charge on any atom is 0.337 e. The summed E-state index contributed by atoms with van der Waals surface area (Å²) in [6.07, 6.45) is 7.89. The summed E-state index contributed by atoms with van der Waals surface area (Å²) < 4.78 is 32.0. The Morgan fingerprint density at radius 3 is 2.14 bits per heavy atom. The van der Waals surface area contributed by atoms with Gasteiger partial charge in [0.05, 0.1) is 30.6 Å². The van der Waals surface area contributed by atoms with Gasteiger partial charge in [0.25, 0.3) is 0 Å². The summed E-state index contributed by atoms with van der Waals surface area (Å²) >= 11 is 0. The lowest BCUT2D eigenvalue weighted by atomic mass is 9.53. The van der Waals surface area contributed by atoms with Gasteiger partial charge >= 0.3 is 5.97 Å². The van der Waals surface area contributed by atoms with Gasteiger partial charge in [0.2, 0.25) is 16.6 Å². The van der Waals surface area contributed by atoms with E-state index in [0.29, 0.717) is 47.7 Å². The van der Waals surface area contributed by atoms with Crippen LogP contribution in [0.3, 0.4) is 0 Å². The number of hydrogen-bond donors (Lipinski definition) is 0. The number of methoxy groups -OCH3 is 2. The molecule has 0 unspecified atom stereocenters. The van der Waals surface area contributed by atoms with Crippen molar-refractivity contribution < 1.29 is 27.9 Å². The van der Waals surface area contributed by atoms with Gasteiger partial charge in [-0.2, -0.15) is 0 Å². The first-order valence-corrected chi connectivity index (χ1v) is 21.9. The molecule has 6 nitrogen and oxygen atoms in total. The van der Waals surface area contributed by atoms with Crippen molar-refractivity contribution in [2.45, 2.75) is 155 Å². The molecule has 3 aliphatic rings. The van der Waals surface area contributed by atoms with Gasteiger partial charge in [-0.1, -0.05) is 81.7 Å². The molecule has 0 heterocycles. The molecule has 43 heavy (non-hydrogen) atoms. The maximum absolute atomic E-state index is 13.3. The lowest BCUT2D eigenvalue weighted by Crippen LogP contribution is -2.58. The molecule has 0 aromatic carbocycles. The van der Waals surface area contributed by atoms with Crippen molar-refractivity contribution in [1.29, 1.82) is 0 Å². The highest BCUT2D eigenvalue weighted by Gasteiger charge is 2.57. The minimum absolute atomic E-state index is 0.0111. The Morgan fingerprint density at radius 1 is 1.02 bits per heavy atom. The van der Waals surface area contributed by atoms with E-state index in [9.17, 15) is 4.79 Å². The first-order valence-electron chi connectivity index (χ1n) is 16.8. The molecule has 0 aliphatic heterocycles. The number of allylic oxidation sites excluding steroid dienone is 2. The SMILES string of the molecule is COCO[C@H]1CCC[C@H]2[C@@H]3CC(O[Si](C)(C)C(C)(C)C)=C(C(=O)OC)CC=C3[C@@H](O[Si](C(C)C)(C(C)C)C(C)C)C[C@]12C. The highest BCUT2D eigenvalue weighted by Crippen LogP contribution is 2.59. The van der Waals surface area contributed by atoms with Crippen molar-refractivity contribution >= 4 is 22.6 Å². The third kappa shape index (κ3) is 7.08. The zero-order chi connectivity index (χ0) is 32.5. The van der Waals surface area contributed by atoms with E-state index < -0.39 is 16.6 Å². The van der Waals surface area contributed by atoms with Gasteiger partial charge in [0.1, 0.15) is 6.79 Å². The van der Waals surface area contributed by atoms with Crippen LogP contribution in [0.1, 0.15) is 108 Å². The van der Waals surface area contributed by atoms with Crippen molar-refractivity contribution in [1.82, 2.24) is 0 Å². The Balaban J connectivity index is 2.20. The Morgan fingerprint density at radius 2 is 1.63 bits per heavy atom. The van der Waals surface area contributed by atoms with Crippen LogP contribution in [0, 0.1) is 17.3 Å². The van der Waals surface area contributed by atoms with Crippen LogP contribution in [0.2, 0.25) is 34.8 Å². The quantitative estimate of drug-likeness (QED) is 0.0974. The molecule has 2 fully saturated rings. The van der Waals surface area contributed by atoms with Gasteiger partial charge in [0, 0.05) is 20.0 Å². The van der Waals surface area contributed by atoms with E-state index >= 15 is 0 Å². The number of esters is 1. The van der Waals surface area contributed by atoms with E-state index in [1.165, 1.54) is 12.7 Å². The molecule has 0 bridgehead atoms. The molecule has 248 valence electrons. The maximum atomic E-state index is 13.3. The Kier molecular flexibility index (Phi) is 11.7. The summed E-state index contributed by atoms with van der Waals surface area (Å²) in [7, 11) is -1.23. The molecule has 5 atom stereocenters. The Labute approximate surface area is 265 Å². The molecular formula is C35H64O6Si2. The van der Waals surface area contributed by atoms with Gasteiger partial charge in [-0.3, -0.25) is 0 Å². The molecule has 0 aromatic rings. The van der Waals surface area contributed by atoms with Crippen LogP contribution in [-0.2, 0) is 27.9 Å². The van der Waals surface area contributed by atoms with E-state index in [1.54, 1.807) is 7.11 Å². The van der Waals surface area contributed by atoms with E-state index in [1.807, 2.05) is 0 Å². The van der Waals surface area contributed by atoms with Crippen LogP contribution < -0.4 is 0 Å².